The average molecular weight is 325 g/mol. The van der Waals surface area contributed by atoms with Gasteiger partial charge in [0, 0.05) is 22.3 Å². The summed E-state index contributed by atoms with van der Waals surface area (Å²) in [5.74, 6) is 0. The molecule has 0 saturated heterocycles. The van der Waals surface area contributed by atoms with Crippen molar-refractivity contribution in [2.75, 3.05) is 0 Å². The largest absolute Gasteiger partial charge is 0.326 e. The maximum absolute atomic E-state index is 5.77. The number of aryl methyl sites for hydroxylation is 1. The third-order valence-corrected chi connectivity index (χ3v) is 4.41. The first-order chi connectivity index (χ1) is 8.72. The van der Waals surface area contributed by atoms with Gasteiger partial charge in [0.05, 0.1) is 10.7 Å². The molecule has 18 heavy (non-hydrogen) atoms. The molecular formula is C14H17BrN2S. The Kier molecular flexibility index (Phi) is 4.92. The molecule has 2 nitrogen and oxygen atoms in total. The van der Waals surface area contributed by atoms with Gasteiger partial charge >= 0.3 is 0 Å². The summed E-state index contributed by atoms with van der Waals surface area (Å²) in [5, 5.41) is 1.17. The van der Waals surface area contributed by atoms with Crippen molar-refractivity contribution in [3.63, 3.8) is 0 Å². The lowest BCUT2D eigenvalue weighted by atomic mass is 10.1. The highest BCUT2D eigenvalue weighted by atomic mass is 79.9. The van der Waals surface area contributed by atoms with E-state index >= 15 is 0 Å². The van der Waals surface area contributed by atoms with Gasteiger partial charge in [-0.25, -0.2) is 4.98 Å². The quantitative estimate of drug-likeness (QED) is 0.905. The van der Waals surface area contributed by atoms with E-state index in [0.29, 0.717) is 6.54 Å². The Labute approximate surface area is 120 Å². The van der Waals surface area contributed by atoms with E-state index in [1.165, 1.54) is 21.1 Å². The minimum absolute atomic E-state index is 0.605. The summed E-state index contributed by atoms with van der Waals surface area (Å²) in [5.41, 5.74) is 8.25. The van der Waals surface area contributed by atoms with Crippen LogP contribution in [0.3, 0.4) is 0 Å². The fourth-order valence-electron chi connectivity index (χ4n) is 1.88. The number of hydrogen-bond donors (Lipinski definition) is 1. The van der Waals surface area contributed by atoms with Crippen LogP contribution in [0.15, 0.2) is 28.7 Å². The highest BCUT2D eigenvalue weighted by Gasteiger charge is 2.09. The molecule has 0 unspecified atom stereocenters. The number of benzene rings is 1. The molecule has 2 rings (SSSR count). The van der Waals surface area contributed by atoms with Crippen LogP contribution >= 0.6 is 27.3 Å². The second kappa shape index (κ2) is 6.45. The number of thiazole rings is 1. The van der Waals surface area contributed by atoms with Crippen LogP contribution in [-0.4, -0.2) is 4.98 Å². The second-order valence-electron chi connectivity index (χ2n) is 4.23. The second-order valence-corrected chi connectivity index (χ2v) is 6.32. The maximum Gasteiger partial charge on any atom is 0.0975 e. The predicted molar refractivity (Wildman–Crippen MR) is 80.9 cm³/mol. The fraction of sp³-hybridized carbons (Fsp3) is 0.357. The van der Waals surface area contributed by atoms with Crippen molar-refractivity contribution in [2.24, 2.45) is 5.73 Å². The van der Waals surface area contributed by atoms with Gasteiger partial charge in [0.1, 0.15) is 0 Å². The minimum atomic E-state index is 0.605. The van der Waals surface area contributed by atoms with Gasteiger partial charge in [-0.3, -0.25) is 0 Å². The Morgan fingerprint density at radius 1 is 1.28 bits per heavy atom. The van der Waals surface area contributed by atoms with Crippen molar-refractivity contribution in [1.29, 1.82) is 0 Å². The SMILES string of the molecule is CCCc1nc(Cc2ccc(Br)cc2)sc1CN. The lowest BCUT2D eigenvalue weighted by Crippen LogP contribution is -1.98. The van der Waals surface area contributed by atoms with E-state index in [4.69, 9.17) is 10.7 Å². The van der Waals surface area contributed by atoms with Gasteiger partial charge in [-0.05, 0) is 24.1 Å². The van der Waals surface area contributed by atoms with Crippen LogP contribution in [0.4, 0.5) is 0 Å². The van der Waals surface area contributed by atoms with Gasteiger partial charge in [0.15, 0.2) is 0 Å². The third-order valence-electron chi connectivity index (χ3n) is 2.76. The third kappa shape index (κ3) is 3.40. The summed E-state index contributed by atoms with van der Waals surface area (Å²) in [6, 6.07) is 8.40. The van der Waals surface area contributed by atoms with E-state index < -0.39 is 0 Å². The molecule has 0 bridgehead atoms. The summed E-state index contributed by atoms with van der Waals surface area (Å²) in [6.45, 7) is 2.78. The summed E-state index contributed by atoms with van der Waals surface area (Å²) in [6.07, 6.45) is 3.05. The number of halogens is 1. The molecule has 0 amide bonds. The van der Waals surface area contributed by atoms with Crippen molar-refractivity contribution < 1.29 is 0 Å². The predicted octanol–water partition coefficient (Wildman–Crippen LogP) is 3.91. The van der Waals surface area contributed by atoms with Crippen LogP contribution in [-0.2, 0) is 19.4 Å². The molecule has 0 aliphatic rings. The molecule has 96 valence electrons. The molecular weight excluding hydrogens is 308 g/mol. The Morgan fingerprint density at radius 3 is 2.61 bits per heavy atom. The van der Waals surface area contributed by atoms with E-state index in [1.807, 2.05) is 0 Å². The molecule has 1 heterocycles. The Balaban J connectivity index is 2.16. The number of rotatable bonds is 5. The Hall–Kier alpha value is -0.710. The Bertz CT molecular complexity index is 505. The van der Waals surface area contributed by atoms with Gasteiger partial charge in [0.25, 0.3) is 0 Å². The van der Waals surface area contributed by atoms with E-state index in [1.54, 1.807) is 11.3 Å². The van der Waals surface area contributed by atoms with Crippen LogP contribution in [0.1, 0.15) is 34.5 Å². The number of aromatic nitrogens is 1. The molecule has 0 aliphatic carbocycles. The van der Waals surface area contributed by atoms with E-state index in [-0.39, 0.29) is 0 Å². The zero-order chi connectivity index (χ0) is 13.0. The van der Waals surface area contributed by atoms with Gasteiger partial charge < -0.3 is 5.73 Å². The molecule has 0 aliphatic heterocycles. The van der Waals surface area contributed by atoms with Gasteiger partial charge in [-0.15, -0.1) is 11.3 Å². The standard InChI is InChI=1S/C14H17BrN2S/c1-2-3-12-13(9-16)18-14(17-12)8-10-4-6-11(15)7-5-10/h4-7H,2-3,8-9,16H2,1H3. The lowest BCUT2D eigenvalue weighted by Gasteiger charge is -1.97. The highest BCUT2D eigenvalue weighted by Crippen LogP contribution is 2.22. The minimum Gasteiger partial charge on any atom is -0.326 e. The Morgan fingerprint density at radius 2 is 2.00 bits per heavy atom. The van der Waals surface area contributed by atoms with Gasteiger partial charge in [-0.2, -0.15) is 0 Å². The first-order valence-corrected chi connectivity index (χ1v) is 7.75. The van der Waals surface area contributed by atoms with Crippen molar-refractivity contribution >= 4 is 27.3 Å². The average Bonchev–Trinajstić information content (AvgIpc) is 2.75. The van der Waals surface area contributed by atoms with Gasteiger partial charge in [0.2, 0.25) is 0 Å². The molecule has 0 fully saturated rings. The zero-order valence-corrected chi connectivity index (χ0v) is 12.9. The van der Waals surface area contributed by atoms with E-state index in [0.717, 1.165) is 23.7 Å². The molecule has 0 saturated carbocycles. The van der Waals surface area contributed by atoms with Crippen molar-refractivity contribution in [3.8, 4) is 0 Å². The number of hydrogen-bond acceptors (Lipinski definition) is 3. The van der Waals surface area contributed by atoms with E-state index in [2.05, 4.69) is 47.1 Å². The molecule has 0 atom stereocenters. The highest BCUT2D eigenvalue weighted by molar-refractivity contribution is 9.10. The van der Waals surface area contributed by atoms with Crippen molar-refractivity contribution in [3.05, 3.63) is 49.9 Å². The van der Waals surface area contributed by atoms with Crippen molar-refractivity contribution in [2.45, 2.75) is 32.7 Å². The smallest absolute Gasteiger partial charge is 0.0975 e. The van der Waals surface area contributed by atoms with Gasteiger partial charge in [-0.1, -0.05) is 41.4 Å². The summed E-state index contributed by atoms with van der Waals surface area (Å²) < 4.78 is 1.11. The number of nitrogens with zero attached hydrogens (tertiary/aromatic N) is 1. The first kappa shape index (κ1) is 13.7. The summed E-state index contributed by atoms with van der Waals surface area (Å²) in [7, 11) is 0. The van der Waals surface area contributed by atoms with Crippen LogP contribution in [0.25, 0.3) is 0 Å². The molecule has 0 radical (unpaired) electrons. The maximum atomic E-state index is 5.77. The van der Waals surface area contributed by atoms with Crippen molar-refractivity contribution in [1.82, 2.24) is 4.98 Å². The topological polar surface area (TPSA) is 38.9 Å². The first-order valence-electron chi connectivity index (χ1n) is 6.15. The summed E-state index contributed by atoms with van der Waals surface area (Å²) in [4.78, 5) is 5.96. The van der Waals surface area contributed by atoms with E-state index in [9.17, 15) is 0 Å². The normalized spacial score (nSPS) is 10.8. The lowest BCUT2D eigenvalue weighted by molar-refractivity contribution is 0.863. The molecule has 0 spiro atoms. The fourth-order valence-corrected chi connectivity index (χ4v) is 3.17. The molecule has 2 N–H and O–H groups in total. The van der Waals surface area contributed by atoms with Crippen LogP contribution in [0.5, 0.6) is 0 Å². The van der Waals surface area contributed by atoms with Crippen LogP contribution in [0.2, 0.25) is 0 Å². The monoisotopic (exact) mass is 324 g/mol. The molecule has 1 aromatic heterocycles. The molecule has 2 aromatic rings. The zero-order valence-electron chi connectivity index (χ0n) is 10.4. The molecule has 4 heteroatoms. The number of nitrogens with two attached hydrogens (primary N) is 1. The van der Waals surface area contributed by atoms with Crippen LogP contribution < -0.4 is 5.73 Å². The summed E-state index contributed by atoms with van der Waals surface area (Å²) >= 11 is 5.20. The molecule has 1 aromatic carbocycles. The van der Waals surface area contributed by atoms with Crippen LogP contribution in [0, 0.1) is 0 Å².